The van der Waals surface area contributed by atoms with Crippen LogP contribution in [-0.4, -0.2) is 26.1 Å². The highest BCUT2D eigenvalue weighted by Crippen LogP contribution is 2.20. The summed E-state index contributed by atoms with van der Waals surface area (Å²) in [5.41, 5.74) is 4.48. The van der Waals surface area contributed by atoms with E-state index in [1.807, 2.05) is 0 Å². The Hall–Kier alpha value is -1.46. The fourth-order valence-electron chi connectivity index (χ4n) is 1.22. The first kappa shape index (κ1) is 16.6. The molecule has 0 aromatic heterocycles. The third-order valence-corrected chi connectivity index (χ3v) is 3.18. The molecule has 0 spiro atoms. The van der Waals surface area contributed by atoms with Gasteiger partial charge in [-0.15, -0.1) is 0 Å². The van der Waals surface area contributed by atoms with Gasteiger partial charge in [-0.1, -0.05) is 18.3 Å². The van der Waals surface area contributed by atoms with Crippen molar-refractivity contribution in [2.45, 2.75) is 6.18 Å². The van der Waals surface area contributed by atoms with Gasteiger partial charge in [0, 0.05) is 0 Å². The highest BCUT2D eigenvalue weighted by molar-refractivity contribution is 7.90. The molecule has 4 N–H and O–H groups in total. The van der Waals surface area contributed by atoms with Crippen LogP contribution in [0, 0.1) is 5.82 Å². The number of thiocarbonyl (C=S) groups is 1. The Bertz CT molecular complexity index is 616. The quantitative estimate of drug-likeness (QED) is 0.560. The van der Waals surface area contributed by atoms with Gasteiger partial charge in [0.25, 0.3) is 10.2 Å². The minimum Gasteiger partial charge on any atom is -0.389 e. The van der Waals surface area contributed by atoms with E-state index in [1.54, 1.807) is 4.72 Å². The van der Waals surface area contributed by atoms with Crippen molar-refractivity contribution < 1.29 is 26.0 Å². The molecule has 1 aromatic rings. The molecular weight excluding hydrogens is 322 g/mol. The first-order valence-corrected chi connectivity index (χ1v) is 6.83. The summed E-state index contributed by atoms with van der Waals surface area (Å²) >= 11 is 4.55. The predicted molar refractivity (Wildman–Crippen MR) is 68.9 cm³/mol. The Labute approximate surface area is 117 Å². The lowest BCUT2D eigenvalue weighted by Gasteiger charge is -2.14. The Morgan fingerprint density at radius 2 is 1.95 bits per heavy atom. The number of alkyl halides is 3. The van der Waals surface area contributed by atoms with Gasteiger partial charge in [-0.25, -0.2) is 4.39 Å². The van der Waals surface area contributed by atoms with Gasteiger partial charge in [0.15, 0.2) is 0 Å². The Morgan fingerprint density at radius 1 is 1.35 bits per heavy atom. The summed E-state index contributed by atoms with van der Waals surface area (Å²) in [5, 5.41) is 0. The Balaban J connectivity index is 2.99. The number of nitrogens with two attached hydrogens (primary N) is 1. The zero-order valence-electron chi connectivity index (χ0n) is 9.66. The molecule has 1 rings (SSSR count). The van der Waals surface area contributed by atoms with E-state index in [0.717, 1.165) is 18.2 Å². The maximum absolute atomic E-state index is 13.4. The molecule has 11 heteroatoms. The lowest BCUT2D eigenvalue weighted by Crippen LogP contribution is -2.37. The molecule has 0 unspecified atom stereocenters. The number of rotatable bonds is 5. The van der Waals surface area contributed by atoms with Crippen molar-refractivity contribution in [3.63, 3.8) is 0 Å². The molecule has 0 radical (unpaired) electrons. The summed E-state index contributed by atoms with van der Waals surface area (Å²) in [6.07, 6.45) is -4.72. The van der Waals surface area contributed by atoms with Crippen LogP contribution in [0.5, 0.6) is 0 Å². The van der Waals surface area contributed by atoms with Crippen molar-refractivity contribution in [2.24, 2.45) is 5.73 Å². The number of hydrogen-bond acceptors (Lipinski definition) is 3. The molecule has 0 fully saturated rings. The van der Waals surface area contributed by atoms with Crippen molar-refractivity contribution in [1.82, 2.24) is 4.72 Å². The number of anilines is 1. The molecule has 5 nitrogen and oxygen atoms in total. The number of nitrogens with one attached hydrogen (secondary N) is 2. The average molecular weight is 331 g/mol. The van der Waals surface area contributed by atoms with Crippen LogP contribution < -0.4 is 15.2 Å². The van der Waals surface area contributed by atoms with Gasteiger partial charge in [-0.2, -0.15) is 26.3 Å². The van der Waals surface area contributed by atoms with E-state index in [9.17, 15) is 26.0 Å². The molecule has 0 atom stereocenters. The molecule has 0 aliphatic carbocycles. The number of hydrogen-bond donors (Lipinski definition) is 3. The molecule has 0 saturated heterocycles. The van der Waals surface area contributed by atoms with Gasteiger partial charge in [-0.3, -0.25) is 4.72 Å². The van der Waals surface area contributed by atoms with Crippen molar-refractivity contribution in [2.75, 3.05) is 11.3 Å². The van der Waals surface area contributed by atoms with Crippen LogP contribution in [0.25, 0.3) is 0 Å². The summed E-state index contributed by atoms with van der Waals surface area (Å²) in [4.78, 5) is -0.434. The zero-order valence-corrected chi connectivity index (χ0v) is 11.3. The monoisotopic (exact) mass is 331 g/mol. The van der Waals surface area contributed by atoms with Gasteiger partial charge < -0.3 is 5.73 Å². The van der Waals surface area contributed by atoms with Crippen LogP contribution in [-0.2, 0) is 10.2 Å². The number of benzene rings is 1. The molecule has 0 amide bonds. The zero-order chi connectivity index (χ0) is 15.6. The van der Waals surface area contributed by atoms with Crippen LogP contribution >= 0.6 is 12.2 Å². The van der Waals surface area contributed by atoms with Crippen molar-refractivity contribution in [1.29, 1.82) is 0 Å². The van der Waals surface area contributed by atoms with Crippen LogP contribution in [0.4, 0.5) is 23.2 Å². The second kappa shape index (κ2) is 5.89. The molecule has 0 bridgehead atoms. The van der Waals surface area contributed by atoms with Gasteiger partial charge in [0.05, 0.1) is 11.3 Å². The Morgan fingerprint density at radius 3 is 2.45 bits per heavy atom. The molecule has 20 heavy (non-hydrogen) atoms. The minimum absolute atomic E-state index is 0.354. The standard InChI is InChI=1S/C9H9F4N3O2S2/c10-5-2-1-3-6(7(5)8(14)19)16-20(17,18)15-4-9(11,12)13/h1-3,15-16H,4H2,(H2,14,19). The van der Waals surface area contributed by atoms with Crippen molar-refractivity contribution >= 4 is 33.1 Å². The summed E-state index contributed by atoms with van der Waals surface area (Å²) in [6, 6.07) is 3.25. The van der Waals surface area contributed by atoms with Gasteiger partial charge >= 0.3 is 6.18 Å². The van der Waals surface area contributed by atoms with Gasteiger partial charge in [0.1, 0.15) is 17.4 Å². The second-order valence-corrected chi connectivity index (χ2v) is 5.51. The van der Waals surface area contributed by atoms with Crippen LogP contribution in [0.3, 0.4) is 0 Å². The van der Waals surface area contributed by atoms with Crippen LogP contribution in [0.1, 0.15) is 5.56 Å². The average Bonchev–Trinajstić information content (AvgIpc) is 2.24. The summed E-state index contributed by atoms with van der Waals surface area (Å²) < 4.78 is 75.1. The second-order valence-electron chi connectivity index (χ2n) is 3.57. The molecule has 0 aliphatic heterocycles. The van der Waals surface area contributed by atoms with E-state index < -0.39 is 39.3 Å². The molecule has 0 saturated carbocycles. The van der Waals surface area contributed by atoms with E-state index >= 15 is 0 Å². The van der Waals surface area contributed by atoms with E-state index in [4.69, 9.17) is 5.73 Å². The van der Waals surface area contributed by atoms with E-state index in [1.165, 1.54) is 4.72 Å². The molecule has 0 heterocycles. The molecule has 1 aromatic carbocycles. The summed E-state index contributed by atoms with van der Waals surface area (Å²) in [5.74, 6) is -0.895. The third-order valence-electron chi connectivity index (χ3n) is 1.97. The SMILES string of the molecule is NC(=S)c1c(F)cccc1NS(=O)(=O)NCC(F)(F)F. The van der Waals surface area contributed by atoms with Gasteiger partial charge in [-0.05, 0) is 12.1 Å². The Kier molecular flexibility index (Phi) is 4.89. The fraction of sp³-hybridized carbons (Fsp3) is 0.222. The third kappa shape index (κ3) is 4.90. The predicted octanol–water partition coefficient (Wildman–Crippen LogP) is 1.27. The van der Waals surface area contributed by atoms with Crippen LogP contribution in [0.2, 0.25) is 0 Å². The maximum atomic E-state index is 13.4. The number of halogens is 4. The van der Waals surface area contributed by atoms with Crippen molar-refractivity contribution in [3.05, 3.63) is 29.6 Å². The normalized spacial score (nSPS) is 12.2. The van der Waals surface area contributed by atoms with Crippen molar-refractivity contribution in [3.8, 4) is 0 Å². The van der Waals surface area contributed by atoms with E-state index in [-0.39, 0.29) is 5.69 Å². The smallest absolute Gasteiger partial charge is 0.389 e. The minimum atomic E-state index is -4.72. The summed E-state index contributed by atoms with van der Waals surface area (Å²) in [6.45, 7) is -1.76. The first-order chi connectivity index (χ1) is 9.02. The van der Waals surface area contributed by atoms with E-state index in [0.29, 0.717) is 0 Å². The van der Waals surface area contributed by atoms with E-state index in [2.05, 4.69) is 12.2 Å². The fourth-order valence-corrected chi connectivity index (χ4v) is 2.31. The molecule has 0 aliphatic rings. The highest BCUT2D eigenvalue weighted by Gasteiger charge is 2.29. The van der Waals surface area contributed by atoms with Gasteiger partial charge in [0.2, 0.25) is 0 Å². The van der Waals surface area contributed by atoms with Crippen LogP contribution in [0.15, 0.2) is 18.2 Å². The maximum Gasteiger partial charge on any atom is 0.402 e. The topological polar surface area (TPSA) is 84.2 Å². The summed E-state index contributed by atoms with van der Waals surface area (Å²) in [7, 11) is -4.54. The lowest BCUT2D eigenvalue weighted by molar-refractivity contribution is -0.121. The lowest BCUT2D eigenvalue weighted by atomic mass is 10.2. The molecule has 112 valence electrons. The molecular formula is C9H9F4N3O2S2. The highest BCUT2D eigenvalue weighted by atomic mass is 32.2. The first-order valence-electron chi connectivity index (χ1n) is 4.94. The largest absolute Gasteiger partial charge is 0.402 e.